The summed E-state index contributed by atoms with van der Waals surface area (Å²) >= 11 is 0. The summed E-state index contributed by atoms with van der Waals surface area (Å²) in [7, 11) is 0. The molecular formula is C20H25N3O2. The number of carbonyl (C=O) groups is 1. The number of nitrogens with zero attached hydrogens (tertiary/aromatic N) is 3. The van der Waals surface area contributed by atoms with Crippen LogP contribution in [0.1, 0.15) is 74.1 Å². The molecule has 1 amide bonds. The normalized spacial score (nSPS) is 19.8. The molecule has 1 aromatic carbocycles. The number of aromatic nitrogens is 2. The minimum absolute atomic E-state index is 0.0392. The summed E-state index contributed by atoms with van der Waals surface area (Å²) in [6.07, 6.45) is 4.99. The maximum Gasteiger partial charge on any atom is 0.230 e. The zero-order chi connectivity index (χ0) is 17.2. The van der Waals surface area contributed by atoms with E-state index in [2.05, 4.69) is 29.3 Å². The van der Waals surface area contributed by atoms with Gasteiger partial charge in [0.1, 0.15) is 0 Å². The van der Waals surface area contributed by atoms with E-state index in [1.165, 1.54) is 12.8 Å². The average Bonchev–Trinajstić information content (AvgIpc) is 3.40. The van der Waals surface area contributed by atoms with Crippen LogP contribution in [-0.4, -0.2) is 34.1 Å². The summed E-state index contributed by atoms with van der Waals surface area (Å²) < 4.78 is 5.86. The van der Waals surface area contributed by atoms with Crippen molar-refractivity contribution in [2.45, 2.75) is 56.8 Å². The van der Waals surface area contributed by atoms with Crippen LogP contribution < -0.4 is 0 Å². The molecular weight excluding hydrogens is 314 g/mol. The topological polar surface area (TPSA) is 59.2 Å². The Morgan fingerprint density at radius 3 is 2.24 bits per heavy atom. The summed E-state index contributed by atoms with van der Waals surface area (Å²) in [6, 6.07) is 10.1. The molecule has 0 radical (unpaired) electrons. The van der Waals surface area contributed by atoms with Crippen LogP contribution in [0.2, 0.25) is 0 Å². The molecule has 1 aromatic heterocycles. The third kappa shape index (κ3) is 3.46. The van der Waals surface area contributed by atoms with Gasteiger partial charge in [-0.2, -0.15) is 0 Å². The average molecular weight is 339 g/mol. The Labute approximate surface area is 148 Å². The van der Waals surface area contributed by atoms with Crippen molar-refractivity contribution in [3.8, 4) is 0 Å². The van der Waals surface area contributed by atoms with E-state index in [0.29, 0.717) is 11.8 Å². The fourth-order valence-corrected chi connectivity index (χ4v) is 3.71. The highest BCUT2D eigenvalue weighted by Gasteiger charge is 2.33. The first-order valence-electron chi connectivity index (χ1n) is 9.43. The smallest absolute Gasteiger partial charge is 0.230 e. The van der Waals surface area contributed by atoms with Crippen molar-refractivity contribution < 1.29 is 9.21 Å². The molecule has 1 saturated heterocycles. The van der Waals surface area contributed by atoms with Crippen LogP contribution in [0.3, 0.4) is 0 Å². The number of carbonyl (C=O) groups excluding carboxylic acids is 1. The molecule has 132 valence electrons. The van der Waals surface area contributed by atoms with Crippen molar-refractivity contribution in [3.63, 3.8) is 0 Å². The van der Waals surface area contributed by atoms with Crippen molar-refractivity contribution in [2.24, 2.45) is 0 Å². The molecule has 0 spiro atoms. The van der Waals surface area contributed by atoms with Crippen molar-refractivity contribution in [1.82, 2.24) is 15.1 Å². The van der Waals surface area contributed by atoms with Crippen molar-refractivity contribution >= 4 is 5.91 Å². The largest absolute Gasteiger partial charge is 0.425 e. The molecule has 0 N–H and O–H groups in total. The second-order valence-electron chi connectivity index (χ2n) is 7.22. The first-order chi connectivity index (χ1) is 12.3. The van der Waals surface area contributed by atoms with Gasteiger partial charge in [-0.25, -0.2) is 0 Å². The summed E-state index contributed by atoms with van der Waals surface area (Å²) in [5.74, 6) is 2.58. The summed E-state index contributed by atoms with van der Waals surface area (Å²) in [4.78, 5) is 15.0. The Kier molecular flexibility index (Phi) is 4.55. The number of hydrogen-bond acceptors (Lipinski definition) is 4. The molecule has 1 aliphatic heterocycles. The Bertz CT molecular complexity index is 716. The molecule has 1 saturated carbocycles. The van der Waals surface area contributed by atoms with Gasteiger partial charge in [-0.05, 0) is 37.7 Å². The van der Waals surface area contributed by atoms with Gasteiger partial charge in [0.2, 0.25) is 17.7 Å². The highest BCUT2D eigenvalue weighted by atomic mass is 16.4. The Morgan fingerprint density at radius 1 is 1.08 bits per heavy atom. The van der Waals surface area contributed by atoms with E-state index in [1.807, 2.05) is 23.1 Å². The molecule has 2 aliphatic rings. The number of hydrogen-bond donors (Lipinski definition) is 0. The molecule has 2 heterocycles. The molecule has 1 unspecified atom stereocenters. The van der Waals surface area contributed by atoms with Crippen molar-refractivity contribution in [2.75, 3.05) is 13.1 Å². The lowest BCUT2D eigenvalue weighted by atomic mass is 9.92. The van der Waals surface area contributed by atoms with Gasteiger partial charge in [0.05, 0.1) is 5.92 Å². The van der Waals surface area contributed by atoms with Gasteiger partial charge in [-0.15, -0.1) is 10.2 Å². The highest BCUT2D eigenvalue weighted by molar-refractivity contribution is 5.83. The molecule has 2 fully saturated rings. The van der Waals surface area contributed by atoms with Crippen LogP contribution in [0, 0.1) is 0 Å². The molecule has 0 bridgehead atoms. The van der Waals surface area contributed by atoms with Gasteiger partial charge < -0.3 is 9.32 Å². The van der Waals surface area contributed by atoms with E-state index in [-0.39, 0.29) is 11.8 Å². The standard InChI is InChI=1S/C20H25N3O2/c1-2-17(14-6-4-3-5-7-14)20(24)23-12-10-16(11-13-23)19-22-21-18(25-19)15-8-9-15/h3-7,15-17H,2,8-13H2,1H3. The zero-order valence-corrected chi connectivity index (χ0v) is 14.7. The summed E-state index contributed by atoms with van der Waals surface area (Å²) in [5.41, 5.74) is 1.11. The van der Waals surface area contributed by atoms with Crippen LogP contribution in [0.15, 0.2) is 34.7 Å². The van der Waals surface area contributed by atoms with Crippen LogP contribution in [0.25, 0.3) is 0 Å². The quantitative estimate of drug-likeness (QED) is 0.830. The third-order valence-corrected chi connectivity index (χ3v) is 5.45. The second kappa shape index (κ2) is 6.98. The second-order valence-corrected chi connectivity index (χ2v) is 7.22. The van der Waals surface area contributed by atoms with Crippen LogP contribution in [-0.2, 0) is 4.79 Å². The minimum Gasteiger partial charge on any atom is -0.425 e. The number of piperidine rings is 1. The summed E-state index contributed by atoms with van der Waals surface area (Å²) in [6.45, 7) is 3.63. The zero-order valence-electron chi connectivity index (χ0n) is 14.7. The van der Waals surface area contributed by atoms with E-state index in [9.17, 15) is 4.79 Å². The van der Waals surface area contributed by atoms with Gasteiger partial charge in [0.25, 0.3) is 0 Å². The molecule has 25 heavy (non-hydrogen) atoms. The lowest BCUT2D eigenvalue weighted by molar-refractivity contribution is -0.134. The number of likely N-dealkylation sites (tertiary alicyclic amines) is 1. The maximum absolute atomic E-state index is 12.9. The molecule has 5 nitrogen and oxygen atoms in total. The van der Waals surface area contributed by atoms with Crippen molar-refractivity contribution in [1.29, 1.82) is 0 Å². The highest BCUT2D eigenvalue weighted by Crippen LogP contribution is 2.40. The number of benzene rings is 1. The van der Waals surface area contributed by atoms with E-state index in [4.69, 9.17) is 4.42 Å². The molecule has 1 aliphatic carbocycles. The molecule has 1 atom stereocenters. The maximum atomic E-state index is 12.9. The van der Waals surface area contributed by atoms with E-state index < -0.39 is 0 Å². The van der Waals surface area contributed by atoms with E-state index in [0.717, 1.165) is 49.7 Å². The van der Waals surface area contributed by atoms with Crippen LogP contribution in [0.5, 0.6) is 0 Å². The van der Waals surface area contributed by atoms with Crippen molar-refractivity contribution in [3.05, 3.63) is 47.7 Å². The Balaban J connectivity index is 1.38. The fourth-order valence-electron chi connectivity index (χ4n) is 3.71. The first-order valence-corrected chi connectivity index (χ1v) is 9.43. The van der Waals surface area contributed by atoms with Gasteiger partial charge >= 0.3 is 0 Å². The number of rotatable bonds is 5. The van der Waals surface area contributed by atoms with Gasteiger partial charge in [0.15, 0.2) is 0 Å². The lowest BCUT2D eigenvalue weighted by Gasteiger charge is -2.33. The molecule has 2 aromatic rings. The summed E-state index contributed by atoms with van der Waals surface area (Å²) in [5, 5.41) is 8.44. The number of amides is 1. The molecule has 4 rings (SSSR count). The lowest BCUT2D eigenvalue weighted by Crippen LogP contribution is -2.40. The predicted octanol–water partition coefficient (Wildman–Crippen LogP) is 3.85. The van der Waals surface area contributed by atoms with Gasteiger partial charge in [0, 0.05) is 24.9 Å². The van der Waals surface area contributed by atoms with E-state index >= 15 is 0 Å². The first kappa shape index (κ1) is 16.3. The Hall–Kier alpha value is -2.17. The fraction of sp³-hybridized carbons (Fsp3) is 0.550. The third-order valence-electron chi connectivity index (χ3n) is 5.45. The van der Waals surface area contributed by atoms with Crippen LogP contribution in [0.4, 0.5) is 0 Å². The van der Waals surface area contributed by atoms with E-state index in [1.54, 1.807) is 0 Å². The van der Waals surface area contributed by atoms with Gasteiger partial charge in [-0.1, -0.05) is 37.3 Å². The Morgan fingerprint density at radius 2 is 1.68 bits per heavy atom. The minimum atomic E-state index is -0.0392. The van der Waals surface area contributed by atoms with Gasteiger partial charge in [-0.3, -0.25) is 4.79 Å². The van der Waals surface area contributed by atoms with Crippen LogP contribution >= 0.6 is 0 Å². The predicted molar refractivity (Wildman–Crippen MR) is 94.3 cm³/mol. The monoisotopic (exact) mass is 339 g/mol. The molecule has 5 heteroatoms. The SMILES string of the molecule is CCC(C(=O)N1CCC(c2nnc(C3CC3)o2)CC1)c1ccccc1.